The van der Waals surface area contributed by atoms with E-state index >= 15 is 0 Å². The molecule has 4 aliphatic heterocycles. The number of esters is 3. The third-order valence-corrected chi connectivity index (χ3v) is 12.1. The van der Waals surface area contributed by atoms with Gasteiger partial charge in [-0.2, -0.15) is 9.59 Å². The minimum atomic E-state index is -2.31. The van der Waals surface area contributed by atoms with Gasteiger partial charge in [0.05, 0.1) is 55.4 Å². The molecule has 4 aliphatic rings. The predicted octanol–water partition coefficient (Wildman–Crippen LogP) is 5.14. The first-order chi connectivity index (χ1) is 29.6. The average Bonchev–Trinajstić information content (AvgIpc) is 3.19. The molecule has 0 aromatic heterocycles. The molecular formula is C47H68O16. The highest BCUT2D eigenvalue weighted by atomic mass is 16.7. The second-order valence-electron chi connectivity index (χ2n) is 17.7. The molecule has 63 heavy (non-hydrogen) atoms. The van der Waals surface area contributed by atoms with Crippen LogP contribution in [0.4, 0.5) is 0 Å². The van der Waals surface area contributed by atoms with Gasteiger partial charge in [-0.1, -0.05) is 89.6 Å². The molecule has 0 aromatic rings. The molecule has 3 fully saturated rings. The molecule has 0 saturated carbocycles. The maximum atomic E-state index is 13.4. The Bertz CT molecular complexity index is 1770. The van der Waals surface area contributed by atoms with Crippen molar-refractivity contribution in [3.05, 3.63) is 72.1 Å². The predicted molar refractivity (Wildman–Crippen MR) is 227 cm³/mol. The summed E-state index contributed by atoms with van der Waals surface area (Å²) in [6.07, 6.45) is 9.25. The van der Waals surface area contributed by atoms with Crippen LogP contribution in [-0.4, -0.2) is 119 Å². The van der Waals surface area contributed by atoms with Crippen molar-refractivity contribution >= 4 is 24.1 Å². The monoisotopic (exact) mass is 888 g/mol. The molecule has 0 unspecified atom stereocenters. The van der Waals surface area contributed by atoms with E-state index in [2.05, 4.69) is 6.58 Å². The lowest BCUT2D eigenvalue weighted by Crippen LogP contribution is -2.62. The van der Waals surface area contributed by atoms with Crippen molar-refractivity contribution in [1.29, 1.82) is 0 Å². The lowest BCUT2D eigenvalue weighted by atomic mass is 9.70. The number of unbranched alkanes of at least 4 members (excludes halogenated alkanes) is 1. The first-order valence-electron chi connectivity index (χ1n) is 21.5. The largest absolute Gasteiger partial charge is 0.493 e. The first-order valence-corrected chi connectivity index (χ1v) is 21.5. The summed E-state index contributed by atoms with van der Waals surface area (Å²) < 4.78 is 42.4. The van der Waals surface area contributed by atoms with Gasteiger partial charge in [-0.05, 0) is 38.2 Å². The van der Waals surface area contributed by atoms with Gasteiger partial charge in [-0.25, -0.2) is 9.59 Å². The van der Waals surface area contributed by atoms with Crippen LogP contribution < -0.4 is 0 Å². The lowest BCUT2D eigenvalue weighted by molar-refractivity contribution is -0.348. The Hall–Kier alpha value is -4.25. The minimum absolute atomic E-state index is 0.000972. The van der Waals surface area contributed by atoms with Gasteiger partial charge in [0.1, 0.15) is 12.2 Å². The van der Waals surface area contributed by atoms with E-state index in [-0.39, 0.29) is 56.0 Å². The van der Waals surface area contributed by atoms with Crippen LogP contribution in [-0.2, 0) is 57.1 Å². The molecule has 16 heteroatoms. The summed E-state index contributed by atoms with van der Waals surface area (Å²) in [7, 11) is 1.21. The van der Waals surface area contributed by atoms with Crippen molar-refractivity contribution in [3.63, 3.8) is 0 Å². The number of fused-ring (bicyclic) bond motifs is 6. The normalized spacial score (nSPS) is 35.3. The summed E-state index contributed by atoms with van der Waals surface area (Å²) in [5, 5.41) is 47.1. The first kappa shape index (κ1) is 53.1. The molecule has 0 aliphatic carbocycles. The molecule has 0 aromatic carbocycles. The molecule has 352 valence electrons. The van der Waals surface area contributed by atoms with Gasteiger partial charge in [0.15, 0.2) is 11.9 Å². The second kappa shape index (κ2) is 23.6. The van der Waals surface area contributed by atoms with Crippen molar-refractivity contribution in [2.45, 2.75) is 173 Å². The van der Waals surface area contributed by atoms with Crippen molar-refractivity contribution in [1.82, 2.24) is 0 Å². The molecule has 4 heterocycles. The SMILES string of the molecule is C=C1C[C@H](O)C[C@@H]2C[C@H](OC(C)=O)C(C)(C)[C@](O)(C[C@@H]3C/C(=C/C)C[C@H](/C=C/C(C)(C)[C@]4(O)O[C@@H](C/C(=C\C(=O)OC)[C@@H]4OC(=O)/C=C/C=C/CCC)C[C@H](CO)O1)O3)O2.O=C=O. The molecule has 0 radical (unpaired) electrons. The third-order valence-electron chi connectivity index (χ3n) is 12.1. The molecule has 4 N–H and O–H groups in total. The number of aliphatic hydroxyl groups is 4. The van der Waals surface area contributed by atoms with Crippen LogP contribution in [0.25, 0.3) is 0 Å². The van der Waals surface area contributed by atoms with Crippen molar-refractivity contribution in [2.24, 2.45) is 10.8 Å². The van der Waals surface area contributed by atoms with Crippen LogP contribution in [0.1, 0.15) is 113 Å². The van der Waals surface area contributed by atoms with Crippen LogP contribution in [0.15, 0.2) is 72.1 Å². The number of aliphatic hydroxyl groups excluding tert-OH is 2. The van der Waals surface area contributed by atoms with Crippen LogP contribution in [0.2, 0.25) is 0 Å². The van der Waals surface area contributed by atoms with E-state index in [0.29, 0.717) is 12.8 Å². The van der Waals surface area contributed by atoms with Gasteiger partial charge in [0.2, 0.25) is 5.79 Å². The molecule has 10 atom stereocenters. The minimum Gasteiger partial charge on any atom is -0.493 e. The zero-order valence-corrected chi connectivity index (χ0v) is 37.9. The molecule has 0 amide bonds. The maximum Gasteiger partial charge on any atom is 0.373 e. The Morgan fingerprint density at radius 1 is 0.952 bits per heavy atom. The van der Waals surface area contributed by atoms with E-state index in [1.807, 2.05) is 26.0 Å². The van der Waals surface area contributed by atoms with Gasteiger partial charge >= 0.3 is 24.1 Å². The summed E-state index contributed by atoms with van der Waals surface area (Å²) in [6.45, 7) is 15.7. The summed E-state index contributed by atoms with van der Waals surface area (Å²) >= 11 is 0. The molecule has 16 nitrogen and oxygen atoms in total. The summed E-state index contributed by atoms with van der Waals surface area (Å²) in [5.74, 6) is -6.06. The number of carbonyl (C=O) groups excluding carboxylic acids is 5. The Morgan fingerprint density at radius 2 is 1.65 bits per heavy atom. The number of rotatable bonds is 8. The fourth-order valence-corrected chi connectivity index (χ4v) is 8.45. The number of allylic oxidation sites excluding steroid dienone is 4. The van der Waals surface area contributed by atoms with Crippen LogP contribution in [0, 0.1) is 10.8 Å². The zero-order valence-electron chi connectivity index (χ0n) is 37.9. The quantitative estimate of drug-likeness (QED) is 0.0813. The Labute approximate surface area is 370 Å². The Morgan fingerprint density at radius 3 is 2.27 bits per heavy atom. The molecule has 0 spiro atoms. The van der Waals surface area contributed by atoms with E-state index in [9.17, 15) is 34.8 Å². The van der Waals surface area contributed by atoms with Crippen LogP contribution in [0.3, 0.4) is 0 Å². The van der Waals surface area contributed by atoms with Crippen molar-refractivity contribution in [3.8, 4) is 0 Å². The van der Waals surface area contributed by atoms with E-state index in [1.165, 1.54) is 32.3 Å². The van der Waals surface area contributed by atoms with E-state index in [0.717, 1.165) is 18.4 Å². The van der Waals surface area contributed by atoms with E-state index in [4.69, 9.17) is 42.7 Å². The van der Waals surface area contributed by atoms with Gasteiger partial charge in [-0.15, -0.1) is 0 Å². The van der Waals surface area contributed by atoms with Gasteiger partial charge in [0.25, 0.3) is 0 Å². The number of hydrogen-bond acceptors (Lipinski definition) is 16. The average molecular weight is 889 g/mol. The molecule has 4 rings (SSSR count). The Balaban J connectivity index is 0.00000342. The molecular weight excluding hydrogens is 821 g/mol. The fraction of sp³-hybridized carbons (Fsp3) is 0.660. The topological polar surface area (TPSA) is 231 Å². The highest BCUT2D eigenvalue weighted by Gasteiger charge is 2.59. The fourth-order valence-electron chi connectivity index (χ4n) is 8.45. The van der Waals surface area contributed by atoms with Gasteiger partial charge in [0, 0.05) is 56.6 Å². The summed E-state index contributed by atoms with van der Waals surface area (Å²) in [6, 6.07) is 0. The number of methoxy groups -OCH3 is 1. The zero-order chi connectivity index (χ0) is 47.2. The smallest absolute Gasteiger partial charge is 0.373 e. The van der Waals surface area contributed by atoms with Gasteiger partial charge < -0.3 is 53.6 Å². The van der Waals surface area contributed by atoms with Gasteiger partial charge in [-0.3, -0.25) is 4.79 Å². The molecule has 6 bridgehead atoms. The third kappa shape index (κ3) is 14.4. The summed E-state index contributed by atoms with van der Waals surface area (Å²) in [4.78, 5) is 54.7. The van der Waals surface area contributed by atoms with E-state index in [1.54, 1.807) is 45.9 Å². The standard InChI is InChI=1S/C46H68O14.CO2/c1-10-12-13-14-15-16-40(50)58-42-32(23-41(51)54-9)22-35-25-38(28-47)55-29(3)19-33(49)24-36-26-39(56-30(4)48)44(7,8)45(52,59-36)27-37-21-31(11-2)20-34(57-37)17-18-43(5,6)46(42,53)60-35;2-1-3/h11,13-18,23,33-39,42,47,49,52-53H,3,10,12,19-22,24-28H2,1-2,4-9H3;/b14-13+,16-15+,18-17+,31-11+,32-23+;/t33-,34-,35-,36+,37-,38+,39-,42-,45-,46+;/m0./s1. The maximum absolute atomic E-state index is 13.4. The van der Waals surface area contributed by atoms with Crippen LogP contribution >= 0.6 is 0 Å². The highest BCUT2D eigenvalue weighted by molar-refractivity contribution is 5.84. The second-order valence-corrected chi connectivity index (χ2v) is 17.7. The number of hydrogen-bond donors (Lipinski definition) is 4. The highest BCUT2D eigenvalue weighted by Crippen LogP contribution is 2.50. The van der Waals surface area contributed by atoms with Crippen LogP contribution in [0.5, 0.6) is 0 Å². The number of ether oxygens (including phenoxy) is 7. The summed E-state index contributed by atoms with van der Waals surface area (Å²) in [5.41, 5.74) is -1.18. The molecule has 3 saturated heterocycles. The number of carbonyl (C=O) groups is 3. The lowest BCUT2D eigenvalue weighted by Gasteiger charge is -2.53. The van der Waals surface area contributed by atoms with Crippen molar-refractivity contribution < 1.29 is 77.6 Å². The van der Waals surface area contributed by atoms with E-state index < -0.39 is 95.8 Å². The van der Waals surface area contributed by atoms with Crippen molar-refractivity contribution in [2.75, 3.05) is 13.7 Å². The Kier molecular flexibility index (Phi) is 19.9.